The van der Waals surface area contributed by atoms with Crippen LogP contribution >= 0.6 is 0 Å². The molecule has 0 aromatic heterocycles. The van der Waals surface area contributed by atoms with E-state index in [-0.39, 0.29) is 0 Å². The van der Waals surface area contributed by atoms with Crippen molar-refractivity contribution in [1.82, 2.24) is 4.90 Å². The van der Waals surface area contributed by atoms with E-state index in [0.29, 0.717) is 19.1 Å². The van der Waals surface area contributed by atoms with Crippen LogP contribution in [-0.4, -0.2) is 63.1 Å². The third-order valence-electron chi connectivity index (χ3n) is 3.81. The first-order valence-corrected chi connectivity index (χ1v) is 8.01. The van der Waals surface area contributed by atoms with E-state index in [4.69, 9.17) is 9.47 Å². The third kappa shape index (κ3) is 6.22. The second-order valence-electron chi connectivity index (χ2n) is 6.19. The van der Waals surface area contributed by atoms with Crippen LogP contribution in [0.5, 0.6) is 5.75 Å². The molecule has 0 amide bonds. The monoisotopic (exact) mass is 308 g/mol. The summed E-state index contributed by atoms with van der Waals surface area (Å²) >= 11 is 0. The fraction of sp³-hybridized carbons (Fsp3) is 0.647. The molecule has 0 aliphatic carbocycles. The molecule has 0 radical (unpaired) electrons. The first kappa shape index (κ1) is 17.1. The molecule has 1 aromatic rings. The predicted molar refractivity (Wildman–Crippen MR) is 88.5 cm³/mol. The Morgan fingerprint density at radius 2 is 1.95 bits per heavy atom. The van der Waals surface area contributed by atoms with Crippen molar-refractivity contribution in [3.05, 3.63) is 24.3 Å². The van der Waals surface area contributed by atoms with Crippen LogP contribution in [0.2, 0.25) is 0 Å². The number of nitrogens with one attached hydrogen (secondary N) is 1. The minimum Gasteiger partial charge on any atom is -0.491 e. The Labute approximate surface area is 133 Å². The molecular formula is C17H28N2O3. The van der Waals surface area contributed by atoms with Crippen LogP contribution in [0.1, 0.15) is 12.8 Å². The fourth-order valence-corrected chi connectivity index (χ4v) is 2.55. The van der Waals surface area contributed by atoms with E-state index in [1.807, 2.05) is 43.3 Å². The average Bonchev–Trinajstić information content (AvgIpc) is 2.52. The van der Waals surface area contributed by atoms with E-state index in [1.165, 1.54) is 0 Å². The molecule has 0 saturated carbocycles. The number of aliphatic hydroxyl groups excluding tert-OH is 1. The molecule has 5 nitrogen and oxygen atoms in total. The van der Waals surface area contributed by atoms with Crippen molar-refractivity contribution >= 4 is 5.69 Å². The summed E-state index contributed by atoms with van der Waals surface area (Å²) in [6.07, 6.45) is 1.80. The minimum absolute atomic E-state index is 0.313. The van der Waals surface area contributed by atoms with E-state index in [1.54, 1.807) is 0 Å². The highest BCUT2D eigenvalue weighted by Crippen LogP contribution is 2.19. The van der Waals surface area contributed by atoms with Gasteiger partial charge in [0.15, 0.2) is 0 Å². The molecule has 1 unspecified atom stereocenters. The molecule has 1 fully saturated rings. The topological polar surface area (TPSA) is 54.0 Å². The smallest absolute Gasteiger partial charge is 0.119 e. The molecule has 1 atom stereocenters. The molecule has 0 bridgehead atoms. The van der Waals surface area contributed by atoms with Gasteiger partial charge in [-0.25, -0.2) is 0 Å². The van der Waals surface area contributed by atoms with Crippen LogP contribution in [0.3, 0.4) is 0 Å². The fourth-order valence-electron chi connectivity index (χ4n) is 2.55. The van der Waals surface area contributed by atoms with Crippen molar-refractivity contribution < 1.29 is 14.6 Å². The van der Waals surface area contributed by atoms with Crippen molar-refractivity contribution in [3.63, 3.8) is 0 Å². The molecule has 2 N–H and O–H groups in total. The number of ether oxygens (including phenoxy) is 2. The Balaban J connectivity index is 1.70. The van der Waals surface area contributed by atoms with Gasteiger partial charge in [0.1, 0.15) is 18.5 Å². The standard InChI is InChI=1S/C17H28N2O3/c1-19(2)12-16(20)13-22-17-5-3-15(4-6-17)18-11-14-7-9-21-10-8-14/h3-6,14,16,18,20H,7-13H2,1-2H3. The molecule has 1 aromatic carbocycles. The van der Waals surface area contributed by atoms with Gasteiger partial charge in [-0.1, -0.05) is 0 Å². The van der Waals surface area contributed by atoms with Crippen molar-refractivity contribution in [1.29, 1.82) is 0 Å². The summed E-state index contributed by atoms with van der Waals surface area (Å²) in [5.41, 5.74) is 1.10. The van der Waals surface area contributed by atoms with E-state index in [2.05, 4.69) is 5.32 Å². The summed E-state index contributed by atoms with van der Waals surface area (Å²) in [5, 5.41) is 13.2. The predicted octanol–water partition coefficient (Wildman–Crippen LogP) is 1.83. The summed E-state index contributed by atoms with van der Waals surface area (Å²) in [6.45, 7) is 3.67. The van der Waals surface area contributed by atoms with Gasteiger partial charge in [0.05, 0.1) is 0 Å². The largest absolute Gasteiger partial charge is 0.491 e. The maximum Gasteiger partial charge on any atom is 0.119 e. The normalized spacial score (nSPS) is 17.5. The number of likely N-dealkylation sites (N-methyl/N-ethyl adjacent to an activating group) is 1. The van der Waals surface area contributed by atoms with Crippen molar-refractivity contribution in [3.8, 4) is 5.75 Å². The molecule has 1 saturated heterocycles. The SMILES string of the molecule is CN(C)CC(O)COc1ccc(NCC2CCOCC2)cc1. The van der Waals surface area contributed by atoms with Crippen LogP contribution in [0, 0.1) is 5.92 Å². The number of benzene rings is 1. The molecule has 1 heterocycles. The zero-order chi connectivity index (χ0) is 15.8. The van der Waals surface area contributed by atoms with Gasteiger partial charge < -0.3 is 24.8 Å². The van der Waals surface area contributed by atoms with Crippen molar-refractivity contribution in [2.75, 3.05) is 52.3 Å². The highest BCUT2D eigenvalue weighted by molar-refractivity contribution is 5.46. The second-order valence-corrected chi connectivity index (χ2v) is 6.19. The minimum atomic E-state index is -0.471. The lowest BCUT2D eigenvalue weighted by Crippen LogP contribution is -2.30. The maximum atomic E-state index is 9.77. The third-order valence-corrected chi connectivity index (χ3v) is 3.81. The lowest BCUT2D eigenvalue weighted by Gasteiger charge is -2.22. The van der Waals surface area contributed by atoms with E-state index in [0.717, 1.165) is 44.0 Å². The van der Waals surface area contributed by atoms with Crippen LogP contribution < -0.4 is 10.1 Å². The van der Waals surface area contributed by atoms with Gasteiger partial charge in [0.2, 0.25) is 0 Å². The number of nitrogens with zero attached hydrogens (tertiary/aromatic N) is 1. The van der Waals surface area contributed by atoms with Crippen LogP contribution in [-0.2, 0) is 4.74 Å². The first-order valence-electron chi connectivity index (χ1n) is 8.01. The lowest BCUT2D eigenvalue weighted by atomic mass is 10.0. The van der Waals surface area contributed by atoms with Gasteiger partial charge >= 0.3 is 0 Å². The molecule has 1 aliphatic rings. The molecule has 22 heavy (non-hydrogen) atoms. The molecule has 0 spiro atoms. The summed E-state index contributed by atoms with van der Waals surface area (Å²) in [7, 11) is 3.87. The van der Waals surface area contributed by atoms with Gasteiger partial charge in [0.25, 0.3) is 0 Å². The van der Waals surface area contributed by atoms with Gasteiger partial charge in [0, 0.05) is 32.0 Å². The molecule has 1 aliphatic heterocycles. The highest BCUT2D eigenvalue weighted by Gasteiger charge is 2.13. The van der Waals surface area contributed by atoms with Crippen molar-refractivity contribution in [2.24, 2.45) is 5.92 Å². The second kappa shape index (κ2) is 8.98. The van der Waals surface area contributed by atoms with Crippen molar-refractivity contribution in [2.45, 2.75) is 18.9 Å². The summed E-state index contributed by atoms with van der Waals surface area (Å²) < 4.78 is 11.0. The molecular weight excluding hydrogens is 280 g/mol. The Morgan fingerprint density at radius 1 is 1.27 bits per heavy atom. The number of hydrogen-bond donors (Lipinski definition) is 2. The summed E-state index contributed by atoms with van der Waals surface area (Å²) in [4.78, 5) is 1.94. The van der Waals surface area contributed by atoms with E-state index < -0.39 is 6.10 Å². The lowest BCUT2D eigenvalue weighted by molar-refractivity contribution is 0.0699. The highest BCUT2D eigenvalue weighted by atomic mass is 16.5. The van der Waals surface area contributed by atoms with Gasteiger partial charge in [-0.3, -0.25) is 0 Å². The Bertz CT molecular complexity index is 416. The summed E-state index contributed by atoms with van der Waals surface area (Å²) in [6, 6.07) is 7.92. The van der Waals surface area contributed by atoms with E-state index in [9.17, 15) is 5.11 Å². The summed E-state index contributed by atoms with van der Waals surface area (Å²) in [5.74, 6) is 1.49. The van der Waals surface area contributed by atoms with Gasteiger partial charge in [-0.05, 0) is 57.1 Å². The Kier molecular flexibility index (Phi) is 6.96. The molecule has 5 heteroatoms. The maximum absolute atomic E-state index is 9.77. The van der Waals surface area contributed by atoms with Crippen LogP contribution in [0.15, 0.2) is 24.3 Å². The Morgan fingerprint density at radius 3 is 2.59 bits per heavy atom. The Hall–Kier alpha value is -1.30. The zero-order valence-corrected chi connectivity index (χ0v) is 13.6. The number of aliphatic hydroxyl groups is 1. The molecule has 124 valence electrons. The van der Waals surface area contributed by atoms with Crippen LogP contribution in [0.25, 0.3) is 0 Å². The van der Waals surface area contributed by atoms with Crippen LogP contribution in [0.4, 0.5) is 5.69 Å². The van der Waals surface area contributed by atoms with Gasteiger partial charge in [-0.15, -0.1) is 0 Å². The zero-order valence-electron chi connectivity index (χ0n) is 13.6. The quantitative estimate of drug-likeness (QED) is 0.767. The number of hydrogen-bond acceptors (Lipinski definition) is 5. The molecule has 2 rings (SSSR count). The number of rotatable bonds is 8. The first-order chi connectivity index (χ1) is 10.6. The van der Waals surface area contributed by atoms with Gasteiger partial charge in [-0.2, -0.15) is 0 Å². The van der Waals surface area contributed by atoms with E-state index >= 15 is 0 Å². The number of anilines is 1. The average molecular weight is 308 g/mol.